The molecule has 1 N–H and O–H groups in total. The SMILES string of the molecule is c1ccc2c(c1)CCC(Nc1ncc3ccccc3n1)C2. The zero-order chi connectivity index (χ0) is 14.1. The summed E-state index contributed by atoms with van der Waals surface area (Å²) in [4.78, 5) is 9.04. The molecule has 3 nitrogen and oxygen atoms in total. The fourth-order valence-electron chi connectivity index (χ4n) is 3.05. The third-order valence-electron chi connectivity index (χ3n) is 4.17. The summed E-state index contributed by atoms with van der Waals surface area (Å²) in [6.45, 7) is 0. The number of nitrogens with one attached hydrogen (secondary N) is 1. The van der Waals surface area contributed by atoms with Gasteiger partial charge in [-0.05, 0) is 36.5 Å². The zero-order valence-corrected chi connectivity index (χ0v) is 11.8. The first-order valence-electron chi connectivity index (χ1n) is 7.43. The Morgan fingerprint density at radius 2 is 1.76 bits per heavy atom. The molecule has 0 spiro atoms. The first-order valence-corrected chi connectivity index (χ1v) is 7.43. The second-order valence-electron chi connectivity index (χ2n) is 5.61. The molecule has 4 rings (SSSR count). The number of para-hydroxylation sites is 1. The Morgan fingerprint density at radius 3 is 2.71 bits per heavy atom. The average Bonchev–Trinajstić information content (AvgIpc) is 2.55. The summed E-state index contributed by atoms with van der Waals surface area (Å²) in [7, 11) is 0. The molecule has 0 bridgehead atoms. The first kappa shape index (κ1) is 12.3. The quantitative estimate of drug-likeness (QED) is 0.776. The number of anilines is 1. The van der Waals surface area contributed by atoms with Gasteiger partial charge in [-0.25, -0.2) is 9.97 Å². The zero-order valence-electron chi connectivity index (χ0n) is 11.8. The van der Waals surface area contributed by atoms with Crippen molar-refractivity contribution in [3.05, 3.63) is 65.9 Å². The van der Waals surface area contributed by atoms with Crippen LogP contribution in [-0.2, 0) is 12.8 Å². The first-order chi connectivity index (χ1) is 10.4. The van der Waals surface area contributed by atoms with Crippen molar-refractivity contribution in [3.63, 3.8) is 0 Å². The van der Waals surface area contributed by atoms with Gasteiger partial charge in [-0.2, -0.15) is 0 Å². The molecular formula is C18H17N3. The molecule has 0 saturated heterocycles. The second-order valence-corrected chi connectivity index (χ2v) is 5.61. The Labute approximate surface area is 124 Å². The van der Waals surface area contributed by atoms with Crippen LogP contribution in [0.5, 0.6) is 0 Å². The monoisotopic (exact) mass is 275 g/mol. The van der Waals surface area contributed by atoms with Crippen LogP contribution in [0.25, 0.3) is 10.9 Å². The summed E-state index contributed by atoms with van der Waals surface area (Å²) in [5.74, 6) is 0.734. The van der Waals surface area contributed by atoms with Crippen molar-refractivity contribution < 1.29 is 0 Å². The molecule has 0 fully saturated rings. The minimum Gasteiger partial charge on any atom is -0.351 e. The van der Waals surface area contributed by atoms with Crippen molar-refractivity contribution in [1.82, 2.24) is 9.97 Å². The number of fused-ring (bicyclic) bond motifs is 2. The molecule has 21 heavy (non-hydrogen) atoms. The van der Waals surface area contributed by atoms with Crippen LogP contribution in [0, 0.1) is 0 Å². The fourth-order valence-corrected chi connectivity index (χ4v) is 3.05. The van der Waals surface area contributed by atoms with Crippen LogP contribution in [0.4, 0.5) is 5.95 Å². The van der Waals surface area contributed by atoms with E-state index in [0.29, 0.717) is 6.04 Å². The highest BCUT2D eigenvalue weighted by Gasteiger charge is 2.18. The number of hydrogen-bond donors (Lipinski definition) is 1. The lowest BCUT2D eigenvalue weighted by Crippen LogP contribution is -2.28. The van der Waals surface area contributed by atoms with E-state index in [2.05, 4.69) is 39.6 Å². The van der Waals surface area contributed by atoms with Crippen LogP contribution in [0.15, 0.2) is 54.7 Å². The van der Waals surface area contributed by atoms with Crippen molar-refractivity contribution in [2.24, 2.45) is 0 Å². The Balaban J connectivity index is 1.55. The number of hydrogen-bond acceptors (Lipinski definition) is 3. The van der Waals surface area contributed by atoms with Gasteiger partial charge in [0.05, 0.1) is 5.52 Å². The predicted octanol–water partition coefficient (Wildman–Crippen LogP) is 3.60. The normalized spacial score (nSPS) is 17.4. The third-order valence-corrected chi connectivity index (χ3v) is 4.17. The smallest absolute Gasteiger partial charge is 0.223 e. The van der Waals surface area contributed by atoms with Crippen LogP contribution in [-0.4, -0.2) is 16.0 Å². The van der Waals surface area contributed by atoms with Crippen LogP contribution < -0.4 is 5.32 Å². The average molecular weight is 275 g/mol. The maximum atomic E-state index is 4.60. The molecule has 2 aromatic carbocycles. The lowest BCUT2D eigenvalue weighted by molar-refractivity contribution is 0.606. The van der Waals surface area contributed by atoms with Crippen molar-refractivity contribution in [3.8, 4) is 0 Å². The summed E-state index contributed by atoms with van der Waals surface area (Å²) in [5.41, 5.74) is 3.92. The van der Waals surface area contributed by atoms with E-state index in [-0.39, 0.29) is 0 Å². The standard InChI is InChI=1S/C18H17N3/c1-2-6-14-11-16(10-9-13(14)5-1)20-18-19-12-15-7-3-4-8-17(15)21-18/h1-8,12,16H,9-11H2,(H,19,20,21). The van der Waals surface area contributed by atoms with E-state index in [0.717, 1.165) is 36.1 Å². The fraction of sp³-hybridized carbons (Fsp3) is 0.222. The van der Waals surface area contributed by atoms with Crippen molar-refractivity contribution >= 4 is 16.9 Å². The summed E-state index contributed by atoms with van der Waals surface area (Å²) < 4.78 is 0. The Morgan fingerprint density at radius 1 is 0.952 bits per heavy atom. The highest BCUT2D eigenvalue weighted by molar-refractivity contribution is 5.78. The maximum Gasteiger partial charge on any atom is 0.223 e. The molecule has 1 heterocycles. The van der Waals surface area contributed by atoms with E-state index in [4.69, 9.17) is 0 Å². The molecule has 1 aliphatic carbocycles. The number of aryl methyl sites for hydroxylation is 1. The highest BCUT2D eigenvalue weighted by Crippen LogP contribution is 2.23. The van der Waals surface area contributed by atoms with Gasteiger partial charge in [0.2, 0.25) is 5.95 Å². The van der Waals surface area contributed by atoms with Gasteiger partial charge in [0.1, 0.15) is 0 Å². The van der Waals surface area contributed by atoms with Gasteiger partial charge in [0.25, 0.3) is 0 Å². The van der Waals surface area contributed by atoms with Gasteiger partial charge in [0, 0.05) is 17.6 Å². The Hall–Kier alpha value is -2.42. The van der Waals surface area contributed by atoms with E-state index >= 15 is 0 Å². The van der Waals surface area contributed by atoms with E-state index in [1.807, 2.05) is 30.5 Å². The molecule has 3 aromatic rings. The summed E-state index contributed by atoms with van der Waals surface area (Å²) in [5, 5.41) is 4.57. The van der Waals surface area contributed by atoms with Gasteiger partial charge in [-0.15, -0.1) is 0 Å². The molecule has 1 atom stereocenters. The molecule has 104 valence electrons. The predicted molar refractivity (Wildman–Crippen MR) is 85.4 cm³/mol. The van der Waals surface area contributed by atoms with E-state index in [9.17, 15) is 0 Å². The highest BCUT2D eigenvalue weighted by atomic mass is 15.1. The van der Waals surface area contributed by atoms with Gasteiger partial charge >= 0.3 is 0 Å². The molecule has 0 amide bonds. The molecule has 1 unspecified atom stereocenters. The summed E-state index contributed by atoms with van der Waals surface area (Å²) in [6.07, 6.45) is 5.20. The Bertz CT molecular complexity index is 782. The maximum absolute atomic E-state index is 4.60. The van der Waals surface area contributed by atoms with Gasteiger partial charge < -0.3 is 5.32 Å². The molecule has 1 aromatic heterocycles. The summed E-state index contributed by atoms with van der Waals surface area (Å²) >= 11 is 0. The molecule has 0 aliphatic heterocycles. The molecule has 0 radical (unpaired) electrons. The third kappa shape index (κ3) is 2.47. The minimum absolute atomic E-state index is 0.418. The number of benzene rings is 2. The van der Waals surface area contributed by atoms with Crippen molar-refractivity contribution in [2.75, 3.05) is 5.32 Å². The van der Waals surface area contributed by atoms with E-state index in [1.54, 1.807) is 0 Å². The summed E-state index contributed by atoms with van der Waals surface area (Å²) in [6, 6.07) is 17.2. The van der Waals surface area contributed by atoms with E-state index < -0.39 is 0 Å². The topological polar surface area (TPSA) is 37.8 Å². The van der Waals surface area contributed by atoms with Crippen LogP contribution in [0.2, 0.25) is 0 Å². The van der Waals surface area contributed by atoms with E-state index in [1.165, 1.54) is 11.1 Å². The second kappa shape index (κ2) is 5.17. The van der Waals surface area contributed by atoms with Crippen molar-refractivity contribution in [2.45, 2.75) is 25.3 Å². The molecule has 0 saturated carbocycles. The molecule has 1 aliphatic rings. The van der Waals surface area contributed by atoms with Crippen molar-refractivity contribution in [1.29, 1.82) is 0 Å². The number of rotatable bonds is 2. The van der Waals surface area contributed by atoms with Crippen LogP contribution in [0.1, 0.15) is 17.5 Å². The van der Waals surface area contributed by atoms with Crippen LogP contribution in [0.3, 0.4) is 0 Å². The Kier molecular flexibility index (Phi) is 3.03. The number of nitrogens with zero attached hydrogens (tertiary/aromatic N) is 2. The lowest BCUT2D eigenvalue weighted by Gasteiger charge is -2.25. The minimum atomic E-state index is 0.418. The molecular weight excluding hydrogens is 258 g/mol. The molecule has 3 heteroatoms. The lowest BCUT2D eigenvalue weighted by atomic mass is 9.88. The number of aromatic nitrogens is 2. The van der Waals surface area contributed by atoms with Gasteiger partial charge in [-0.1, -0.05) is 42.5 Å². The largest absolute Gasteiger partial charge is 0.351 e. The van der Waals surface area contributed by atoms with Gasteiger partial charge in [0.15, 0.2) is 0 Å². The van der Waals surface area contributed by atoms with Gasteiger partial charge in [-0.3, -0.25) is 0 Å². The van der Waals surface area contributed by atoms with Crippen LogP contribution >= 0.6 is 0 Å².